The largest absolute Gasteiger partial charge is 0.326 e. The number of rotatable bonds is 5. The molecule has 1 aliphatic heterocycles. The molecule has 1 unspecified atom stereocenters. The smallest absolute Gasteiger partial charge is 0.254 e. The summed E-state index contributed by atoms with van der Waals surface area (Å²) < 4.78 is 25.3. The van der Waals surface area contributed by atoms with Crippen molar-refractivity contribution >= 4 is 38.4 Å². The van der Waals surface area contributed by atoms with Crippen LogP contribution in [0.1, 0.15) is 37.3 Å². The van der Waals surface area contributed by atoms with E-state index in [0.717, 1.165) is 11.3 Å². The van der Waals surface area contributed by atoms with Crippen molar-refractivity contribution in [2.75, 3.05) is 6.54 Å². The van der Waals surface area contributed by atoms with E-state index in [9.17, 15) is 13.2 Å². The maximum Gasteiger partial charge on any atom is 0.254 e. The van der Waals surface area contributed by atoms with Gasteiger partial charge in [0.05, 0.1) is 16.7 Å². The summed E-state index contributed by atoms with van der Waals surface area (Å²) in [5.41, 5.74) is 2.45. The van der Waals surface area contributed by atoms with Crippen LogP contribution in [0.25, 0.3) is 0 Å². The summed E-state index contributed by atoms with van der Waals surface area (Å²) in [6.07, 6.45) is 0.855. The molecule has 2 aromatic carbocycles. The van der Waals surface area contributed by atoms with Crippen LogP contribution in [0.15, 0.2) is 88.5 Å². The van der Waals surface area contributed by atoms with Gasteiger partial charge in [-0.25, -0.2) is 8.42 Å². The number of carbonyl (C=O) groups is 1. The number of thiophene rings is 2. The first-order valence-corrected chi connectivity index (χ1v) is 13.7. The molecule has 5 rings (SSSR count). The third-order valence-electron chi connectivity index (χ3n) is 5.70. The second-order valence-corrected chi connectivity index (χ2v) is 11.7. The highest BCUT2D eigenvalue weighted by molar-refractivity contribution is 7.90. The number of hydrogen-bond acceptors (Lipinski definition) is 5. The summed E-state index contributed by atoms with van der Waals surface area (Å²) in [4.78, 5) is 18.2. The first kappa shape index (κ1) is 21.1. The van der Waals surface area contributed by atoms with Crippen LogP contribution in [0.5, 0.6) is 0 Å². The zero-order valence-corrected chi connectivity index (χ0v) is 19.6. The maximum absolute atomic E-state index is 13.5. The molecule has 0 saturated carbocycles. The molecule has 4 nitrogen and oxygen atoms in total. The van der Waals surface area contributed by atoms with E-state index < -0.39 is 9.84 Å². The molecule has 1 amide bonds. The zero-order chi connectivity index (χ0) is 22.1. The Balaban J connectivity index is 1.39. The van der Waals surface area contributed by atoms with Crippen LogP contribution in [0.4, 0.5) is 0 Å². The molecule has 3 heterocycles. The Hall–Kier alpha value is -2.74. The summed E-state index contributed by atoms with van der Waals surface area (Å²) >= 11 is 3.41. The van der Waals surface area contributed by atoms with E-state index in [1.807, 2.05) is 16.3 Å². The Morgan fingerprint density at radius 3 is 2.41 bits per heavy atom. The Kier molecular flexibility index (Phi) is 5.71. The number of hydrogen-bond donors (Lipinski definition) is 0. The Bertz CT molecular complexity index is 1320. The molecule has 32 heavy (non-hydrogen) atoms. The first-order chi connectivity index (χ1) is 15.5. The number of carbonyl (C=O) groups excluding carboxylic acids is 1. The predicted octanol–water partition coefficient (Wildman–Crippen LogP) is 5.57. The van der Waals surface area contributed by atoms with Crippen molar-refractivity contribution < 1.29 is 13.2 Å². The minimum atomic E-state index is -3.43. The molecule has 0 fully saturated rings. The average molecular weight is 480 g/mol. The van der Waals surface area contributed by atoms with Gasteiger partial charge in [0.2, 0.25) is 0 Å². The second-order valence-electron chi connectivity index (χ2n) is 7.73. The fourth-order valence-electron chi connectivity index (χ4n) is 4.13. The van der Waals surface area contributed by atoms with Crippen LogP contribution in [-0.4, -0.2) is 25.8 Å². The van der Waals surface area contributed by atoms with Crippen molar-refractivity contribution in [1.29, 1.82) is 0 Å². The minimum Gasteiger partial charge on any atom is -0.326 e. The molecule has 0 radical (unpaired) electrons. The lowest BCUT2D eigenvalue weighted by Gasteiger charge is -2.35. The summed E-state index contributed by atoms with van der Waals surface area (Å²) in [5.74, 6) is -0.122. The van der Waals surface area contributed by atoms with Crippen LogP contribution in [0, 0.1) is 0 Å². The molecule has 0 saturated heterocycles. The van der Waals surface area contributed by atoms with Gasteiger partial charge in [-0.3, -0.25) is 4.79 Å². The van der Waals surface area contributed by atoms with Gasteiger partial charge in [-0.15, -0.1) is 22.7 Å². The van der Waals surface area contributed by atoms with Crippen molar-refractivity contribution in [1.82, 2.24) is 4.90 Å². The molecule has 4 aromatic rings. The minimum absolute atomic E-state index is 0.0299. The van der Waals surface area contributed by atoms with Gasteiger partial charge in [0.1, 0.15) is 0 Å². The third kappa shape index (κ3) is 4.03. The molecule has 162 valence electrons. The fourth-order valence-corrected chi connectivity index (χ4v) is 7.26. The highest BCUT2D eigenvalue weighted by Crippen LogP contribution is 2.40. The van der Waals surface area contributed by atoms with E-state index in [1.54, 1.807) is 77.3 Å². The number of fused-ring (bicyclic) bond motifs is 1. The molecule has 1 atom stereocenters. The summed E-state index contributed by atoms with van der Waals surface area (Å²) in [6.45, 7) is 0.666. The molecule has 7 heteroatoms. The quantitative estimate of drug-likeness (QED) is 0.376. The molecule has 0 aliphatic carbocycles. The number of nitrogens with zero attached hydrogens (tertiary/aromatic N) is 1. The molecular formula is C25H21NO3S3. The average Bonchev–Trinajstić information content (AvgIpc) is 3.51. The van der Waals surface area contributed by atoms with Gasteiger partial charge in [0, 0.05) is 21.9 Å². The van der Waals surface area contributed by atoms with E-state index in [-0.39, 0.29) is 17.7 Å². The highest BCUT2D eigenvalue weighted by atomic mass is 32.2. The van der Waals surface area contributed by atoms with Gasteiger partial charge in [0.25, 0.3) is 5.91 Å². The van der Waals surface area contributed by atoms with E-state index in [1.165, 1.54) is 10.4 Å². The Labute approximate surface area is 195 Å². The molecule has 0 N–H and O–H groups in total. The van der Waals surface area contributed by atoms with Gasteiger partial charge < -0.3 is 4.90 Å². The van der Waals surface area contributed by atoms with Gasteiger partial charge in [-0.1, -0.05) is 36.4 Å². The third-order valence-corrected chi connectivity index (χ3v) is 9.32. The zero-order valence-electron chi connectivity index (χ0n) is 17.2. The van der Waals surface area contributed by atoms with Gasteiger partial charge >= 0.3 is 0 Å². The number of amides is 1. The van der Waals surface area contributed by atoms with E-state index in [0.29, 0.717) is 22.6 Å². The molecule has 1 aliphatic rings. The lowest BCUT2D eigenvalue weighted by Crippen LogP contribution is -2.39. The Morgan fingerprint density at radius 2 is 1.69 bits per heavy atom. The van der Waals surface area contributed by atoms with Crippen molar-refractivity contribution in [2.45, 2.75) is 23.1 Å². The molecule has 0 bridgehead atoms. The van der Waals surface area contributed by atoms with Gasteiger partial charge in [-0.05, 0) is 64.7 Å². The number of sulfone groups is 1. The Morgan fingerprint density at radius 1 is 0.906 bits per heavy atom. The highest BCUT2D eigenvalue weighted by Gasteiger charge is 2.33. The van der Waals surface area contributed by atoms with Crippen molar-refractivity contribution in [2.24, 2.45) is 0 Å². The topological polar surface area (TPSA) is 54.5 Å². The van der Waals surface area contributed by atoms with Crippen LogP contribution in [-0.2, 0) is 22.0 Å². The lowest BCUT2D eigenvalue weighted by molar-refractivity contribution is 0.0699. The predicted molar refractivity (Wildman–Crippen MR) is 129 cm³/mol. The fraction of sp³-hybridized carbons (Fsp3) is 0.160. The summed E-state index contributed by atoms with van der Waals surface area (Å²) in [7, 11) is -3.43. The van der Waals surface area contributed by atoms with Crippen LogP contribution in [0.2, 0.25) is 0 Å². The van der Waals surface area contributed by atoms with Crippen molar-refractivity contribution in [3.05, 3.63) is 110 Å². The van der Waals surface area contributed by atoms with E-state index >= 15 is 0 Å². The first-order valence-electron chi connectivity index (χ1n) is 10.3. The van der Waals surface area contributed by atoms with Gasteiger partial charge in [-0.2, -0.15) is 0 Å². The van der Waals surface area contributed by atoms with E-state index in [4.69, 9.17) is 0 Å². The molecule has 0 spiro atoms. The van der Waals surface area contributed by atoms with Crippen LogP contribution < -0.4 is 0 Å². The summed E-state index contributed by atoms with van der Waals surface area (Å²) in [6, 6.07) is 21.6. The second kappa shape index (κ2) is 8.65. The van der Waals surface area contributed by atoms with Crippen LogP contribution >= 0.6 is 22.7 Å². The maximum atomic E-state index is 13.5. The normalized spacial score (nSPS) is 16.0. The lowest BCUT2D eigenvalue weighted by atomic mass is 9.97. The van der Waals surface area contributed by atoms with Gasteiger partial charge in [0.15, 0.2) is 9.84 Å². The molecule has 2 aromatic heterocycles. The monoisotopic (exact) mass is 479 g/mol. The molecular weight excluding hydrogens is 458 g/mol. The van der Waals surface area contributed by atoms with E-state index in [2.05, 4.69) is 17.5 Å². The number of benzene rings is 2. The summed E-state index contributed by atoms with van der Waals surface area (Å²) in [5, 5.41) is 4.14. The van der Waals surface area contributed by atoms with Crippen LogP contribution in [0.3, 0.4) is 0 Å². The van der Waals surface area contributed by atoms with Crippen molar-refractivity contribution in [3.8, 4) is 0 Å². The standard InChI is InChI=1S/C25H21NO3S3/c27-25(26-14-12-22-21(13-16-31-22)24(26)23-7-4-15-30-23)19-10-8-18(9-11-19)17-32(28,29)20-5-2-1-3-6-20/h1-11,13,15-16,24H,12,14,17H2. The SMILES string of the molecule is O=C(c1ccc(CS(=O)(=O)c2ccccc2)cc1)N1CCc2sccc2C1c1cccs1. The van der Waals surface area contributed by atoms with Crippen molar-refractivity contribution in [3.63, 3.8) is 0 Å².